The molecule has 0 atom stereocenters. The third-order valence-corrected chi connectivity index (χ3v) is 1.64. The van der Waals surface area contributed by atoms with Crippen molar-refractivity contribution in [3.05, 3.63) is 12.2 Å². The fraction of sp³-hybridized carbons (Fsp3) is 0.600. The van der Waals surface area contributed by atoms with Crippen LogP contribution in [-0.2, 0) is 14.3 Å². The van der Waals surface area contributed by atoms with Crippen molar-refractivity contribution >= 4 is 11.9 Å². The number of rotatable bonds is 6. The molecule has 4 nitrogen and oxygen atoms in total. The second-order valence-electron chi connectivity index (χ2n) is 3.14. The minimum Gasteiger partial charge on any atom is -0.390 e. The van der Waals surface area contributed by atoms with E-state index in [0.29, 0.717) is 13.0 Å². The van der Waals surface area contributed by atoms with E-state index < -0.39 is 11.9 Å². The predicted molar refractivity (Wildman–Crippen MR) is 53.4 cm³/mol. The molecule has 80 valence electrons. The molecular weight excluding hydrogens is 182 g/mol. The van der Waals surface area contributed by atoms with Gasteiger partial charge in [-0.3, -0.25) is 4.79 Å². The second kappa shape index (κ2) is 7.26. The average Bonchev–Trinajstić information content (AvgIpc) is 2.12. The molecule has 0 aliphatic heterocycles. The maximum atomic E-state index is 11.0. The molecule has 0 radical (unpaired) electrons. The fourth-order valence-electron chi connectivity index (χ4n) is 0.832. The van der Waals surface area contributed by atoms with E-state index in [4.69, 9.17) is 5.73 Å². The summed E-state index contributed by atoms with van der Waals surface area (Å²) in [5.74, 6) is -1.14. The van der Waals surface area contributed by atoms with E-state index in [2.05, 4.69) is 11.3 Å². The normalized spacial score (nSPS) is 9.57. The minimum absolute atomic E-state index is 0.236. The topological polar surface area (TPSA) is 69.4 Å². The summed E-state index contributed by atoms with van der Waals surface area (Å²) in [6, 6.07) is 0. The van der Waals surface area contributed by atoms with Crippen LogP contribution in [0.5, 0.6) is 0 Å². The van der Waals surface area contributed by atoms with Gasteiger partial charge in [-0.05, 0) is 26.3 Å². The highest BCUT2D eigenvalue weighted by Crippen LogP contribution is 2.02. The molecule has 0 saturated heterocycles. The monoisotopic (exact) mass is 199 g/mol. The Balaban J connectivity index is 3.56. The first-order chi connectivity index (χ1) is 6.57. The zero-order chi connectivity index (χ0) is 11.0. The number of hydrogen-bond acceptors (Lipinski definition) is 4. The lowest BCUT2D eigenvalue weighted by molar-refractivity contribution is -0.156. The van der Waals surface area contributed by atoms with Gasteiger partial charge in [0.25, 0.3) is 0 Å². The van der Waals surface area contributed by atoms with Crippen LogP contribution in [-0.4, -0.2) is 18.5 Å². The molecule has 0 spiro atoms. The van der Waals surface area contributed by atoms with Crippen LogP contribution in [0.2, 0.25) is 0 Å². The Labute approximate surface area is 84.1 Å². The van der Waals surface area contributed by atoms with Gasteiger partial charge in [0.15, 0.2) is 0 Å². The molecule has 0 amide bonds. The van der Waals surface area contributed by atoms with Crippen LogP contribution in [0, 0.1) is 0 Å². The molecule has 0 aromatic rings. The van der Waals surface area contributed by atoms with Gasteiger partial charge in [-0.15, -0.1) is 0 Å². The van der Waals surface area contributed by atoms with Gasteiger partial charge in [0.05, 0.1) is 0 Å². The Morgan fingerprint density at radius 2 is 1.93 bits per heavy atom. The zero-order valence-electron chi connectivity index (χ0n) is 8.54. The minimum atomic E-state index is -0.645. The highest BCUT2D eigenvalue weighted by Gasteiger charge is 2.09. The molecule has 2 N–H and O–H groups in total. The second-order valence-corrected chi connectivity index (χ2v) is 3.14. The van der Waals surface area contributed by atoms with Gasteiger partial charge in [-0.1, -0.05) is 13.0 Å². The quantitative estimate of drug-likeness (QED) is 0.301. The van der Waals surface area contributed by atoms with Crippen molar-refractivity contribution < 1.29 is 14.3 Å². The number of nitrogens with two attached hydrogens (primary N) is 1. The standard InChI is InChI=1S/C10H17NO3/c1-8(2)10(13)14-9(12)6-4-3-5-7-11/h1,3-7,11H2,2H3. The van der Waals surface area contributed by atoms with Crippen LogP contribution in [0.25, 0.3) is 0 Å². The number of carbonyl (C=O) groups is 2. The van der Waals surface area contributed by atoms with Gasteiger partial charge < -0.3 is 10.5 Å². The predicted octanol–water partition coefficient (Wildman–Crippen LogP) is 1.15. The number of carbonyl (C=O) groups excluding carboxylic acids is 2. The summed E-state index contributed by atoms with van der Waals surface area (Å²) in [4.78, 5) is 21.9. The van der Waals surface area contributed by atoms with E-state index in [1.54, 1.807) is 0 Å². The van der Waals surface area contributed by atoms with E-state index in [0.717, 1.165) is 12.8 Å². The summed E-state index contributed by atoms with van der Waals surface area (Å²) >= 11 is 0. The maximum Gasteiger partial charge on any atom is 0.340 e. The number of ether oxygens (including phenoxy) is 1. The molecule has 0 saturated carbocycles. The molecule has 0 aromatic heterocycles. The third-order valence-electron chi connectivity index (χ3n) is 1.64. The maximum absolute atomic E-state index is 11.0. The summed E-state index contributed by atoms with van der Waals surface area (Å²) in [7, 11) is 0. The van der Waals surface area contributed by atoms with Crippen molar-refractivity contribution in [3.8, 4) is 0 Å². The number of hydrogen-bond donors (Lipinski definition) is 1. The lowest BCUT2D eigenvalue weighted by Crippen LogP contribution is -2.12. The molecule has 0 aliphatic rings. The molecule has 0 fully saturated rings. The van der Waals surface area contributed by atoms with Crippen molar-refractivity contribution in [2.45, 2.75) is 32.6 Å². The molecule has 0 rings (SSSR count). The summed E-state index contributed by atoms with van der Waals surface area (Å²) in [5, 5.41) is 0. The Kier molecular flexibility index (Phi) is 6.66. The van der Waals surface area contributed by atoms with Crippen molar-refractivity contribution in [1.29, 1.82) is 0 Å². The molecule has 14 heavy (non-hydrogen) atoms. The lowest BCUT2D eigenvalue weighted by atomic mass is 10.2. The average molecular weight is 199 g/mol. The first-order valence-corrected chi connectivity index (χ1v) is 4.68. The van der Waals surface area contributed by atoms with Crippen molar-refractivity contribution in [3.63, 3.8) is 0 Å². The highest BCUT2D eigenvalue weighted by molar-refractivity contribution is 5.95. The highest BCUT2D eigenvalue weighted by atomic mass is 16.6. The molecular formula is C10H17NO3. The van der Waals surface area contributed by atoms with Gasteiger partial charge in [0.2, 0.25) is 0 Å². The molecule has 0 aliphatic carbocycles. The van der Waals surface area contributed by atoms with Crippen molar-refractivity contribution in [1.82, 2.24) is 0 Å². The summed E-state index contributed by atoms with van der Waals surface area (Å²) in [6.45, 7) is 5.50. The van der Waals surface area contributed by atoms with Crippen LogP contribution in [0.1, 0.15) is 32.6 Å². The van der Waals surface area contributed by atoms with Crippen molar-refractivity contribution in [2.24, 2.45) is 5.73 Å². The fourth-order valence-corrected chi connectivity index (χ4v) is 0.832. The molecule has 0 unspecified atom stereocenters. The Bertz CT molecular complexity index is 223. The Morgan fingerprint density at radius 1 is 1.29 bits per heavy atom. The summed E-state index contributed by atoms with van der Waals surface area (Å²) in [5.41, 5.74) is 5.52. The molecule has 0 aromatic carbocycles. The van der Waals surface area contributed by atoms with E-state index in [1.807, 2.05) is 0 Å². The van der Waals surface area contributed by atoms with E-state index in [9.17, 15) is 9.59 Å². The number of esters is 2. The molecule has 0 heterocycles. The van der Waals surface area contributed by atoms with E-state index >= 15 is 0 Å². The smallest absolute Gasteiger partial charge is 0.340 e. The van der Waals surface area contributed by atoms with E-state index in [-0.39, 0.29) is 12.0 Å². The van der Waals surface area contributed by atoms with Crippen molar-refractivity contribution in [2.75, 3.05) is 6.54 Å². The van der Waals surface area contributed by atoms with Crippen LogP contribution in [0.15, 0.2) is 12.2 Å². The summed E-state index contributed by atoms with van der Waals surface area (Å²) < 4.78 is 4.48. The van der Waals surface area contributed by atoms with Gasteiger partial charge >= 0.3 is 11.9 Å². The van der Waals surface area contributed by atoms with Crippen LogP contribution >= 0.6 is 0 Å². The lowest BCUT2D eigenvalue weighted by Gasteiger charge is -2.01. The first kappa shape index (κ1) is 12.8. The largest absolute Gasteiger partial charge is 0.390 e. The first-order valence-electron chi connectivity index (χ1n) is 4.68. The van der Waals surface area contributed by atoms with Gasteiger partial charge in [0.1, 0.15) is 0 Å². The SMILES string of the molecule is C=C(C)C(=O)OC(=O)CCCCCN. The Morgan fingerprint density at radius 3 is 2.43 bits per heavy atom. The zero-order valence-corrected chi connectivity index (χ0v) is 8.54. The van der Waals surface area contributed by atoms with Gasteiger partial charge in [-0.2, -0.15) is 0 Å². The van der Waals surface area contributed by atoms with Crippen LogP contribution in [0.4, 0.5) is 0 Å². The molecule has 0 bridgehead atoms. The van der Waals surface area contributed by atoms with Gasteiger partial charge in [-0.25, -0.2) is 4.79 Å². The number of unbranched alkanes of at least 4 members (excludes halogenated alkanes) is 2. The van der Waals surface area contributed by atoms with Crippen LogP contribution in [0.3, 0.4) is 0 Å². The van der Waals surface area contributed by atoms with Gasteiger partial charge in [0, 0.05) is 12.0 Å². The van der Waals surface area contributed by atoms with E-state index in [1.165, 1.54) is 6.92 Å². The third kappa shape index (κ3) is 6.37. The molecule has 4 heteroatoms. The van der Waals surface area contributed by atoms with Crippen LogP contribution < -0.4 is 5.73 Å². The summed E-state index contributed by atoms with van der Waals surface area (Å²) in [6.07, 6.45) is 2.74. The Hall–Kier alpha value is -1.16.